The van der Waals surface area contributed by atoms with Crippen molar-refractivity contribution >= 4 is 0 Å². The van der Waals surface area contributed by atoms with Gasteiger partial charge in [0.15, 0.2) is 0 Å². The quantitative estimate of drug-likeness (QED) is 0.617. The van der Waals surface area contributed by atoms with E-state index in [1.165, 1.54) is 25.7 Å². The zero-order valence-corrected chi connectivity index (χ0v) is 6.99. The van der Waals surface area contributed by atoms with Crippen LogP contribution in [0.4, 0.5) is 0 Å². The maximum atomic E-state index is 9.73. The molecule has 11 heavy (non-hydrogen) atoms. The standard InChI is InChI=1S/C9H16O2/c1-11-9-7-4-2-6(3-5-7)8(9)10/h6-10H,2-5H2,1H3/t6?,7?,8-,9-/m1/s1. The van der Waals surface area contributed by atoms with Crippen LogP contribution in [0.15, 0.2) is 0 Å². The zero-order valence-electron chi connectivity index (χ0n) is 6.99. The van der Waals surface area contributed by atoms with Gasteiger partial charge in [-0.3, -0.25) is 0 Å². The van der Waals surface area contributed by atoms with Crippen molar-refractivity contribution in [3.05, 3.63) is 0 Å². The van der Waals surface area contributed by atoms with Crippen molar-refractivity contribution in [3.63, 3.8) is 0 Å². The van der Waals surface area contributed by atoms with Crippen molar-refractivity contribution in [2.24, 2.45) is 11.8 Å². The van der Waals surface area contributed by atoms with Crippen molar-refractivity contribution in [3.8, 4) is 0 Å². The lowest BCUT2D eigenvalue weighted by atomic mass is 9.67. The molecule has 64 valence electrons. The van der Waals surface area contributed by atoms with Crippen LogP contribution in [-0.4, -0.2) is 24.4 Å². The number of rotatable bonds is 1. The Labute approximate surface area is 67.6 Å². The van der Waals surface area contributed by atoms with Crippen molar-refractivity contribution in [2.45, 2.75) is 37.9 Å². The molecule has 0 saturated heterocycles. The molecular weight excluding hydrogens is 140 g/mol. The van der Waals surface area contributed by atoms with Gasteiger partial charge >= 0.3 is 0 Å². The fraction of sp³-hybridized carbons (Fsp3) is 1.00. The molecule has 0 aliphatic heterocycles. The number of fused-ring (bicyclic) bond motifs is 3. The molecule has 3 aliphatic carbocycles. The van der Waals surface area contributed by atoms with Gasteiger partial charge in [0.05, 0.1) is 12.2 Å². The van der Waals surface area contributed by atoms with Crippen molar-refractivity contribution in [1.29, 1.82) is 0 Å². The van der Waals surface area contributed by atoms with Gasteiger partial charge in [-0.15, -0.1) is 0 Å². The Kier molecular flexibility index (Phi) is 1.90. The van der Waals surface area contributed by atoms with E-state index >= 15 is 0 Å². The molecule has 3 aliphatic rings. The van der Waals surface area contributed by atoms with Gasteiger partial charge in [-0.05, 0) is 37.5 Å². The summed E-state index contributed by atoms with van der Waals surface area (Å²) in [6.07, 6.45) is 4.92. The summed E-state index contributed by atoms with van der Waals surface area (Å²) in [5.41, 5.74) is 0. The normalized spacial score (nSPS) is 49.6. The molecule has 3 fully saturated rings. The molecule has 0 aromatic heterocycles. The summed E-state index contributed by atoms with van der Waals surface area (Å²) in [6, 6.07) is 0. The molecule has 0 radical (unpaired) electrons. The first-order valence-corrected chi connectivity index (χ1v) is 4.54. The third-order valence-corrected chi connectivity index (χ3v) is 3.37. The highest BCUT2D eigenvalue weighted by Gasteiger charge is 2.42. The summed E-state index contributed by atoms with van der Waals surface area (Å²) in [5.74, 6) is 1.17. The Balaban J connectivity index is 2.10. The Morgan fingerprint density at radius 3 is 2.00 bits per heavy atom. The minimum absolute atomic E-state index is 0.141. The second-order valence-corrected chi connectivity index (χ2v) is 3.87. The fourth-order valence-corrected chi connectivity index (χ4v) is 2.69. The van der Waals surface area contributed by atoms with Gasteiger partial charge in [0.2, 0.25) is 0 Å². The van der Waals surface area contributed by atoms with Crippen LogP contribution >= 0.6 is 0 Å². The lowest BCUT2D eigenvalue weighted by Gasteiger charge is -2.45. The minimum atomic E-state index is -0.174. The highest BCUT2D eigenvalue weighted by atomic mass is 16.5. The zero-order chi connectivity index (χ0) is 7.84. The van der Waals surface area contributed by atoms with Gasteiger partial charge in [0.25, 0.3) is 0 Å². The minimum Gasteiger partial charge on any atom is -0.390 e. The molecule has 0 heterocycles. The maximum absolute atomic E-state index is 9.73. The van der Waals surface area contributed by atoms with E-state index in [-0.39, 0.29) is 12.2 Å². The molecule has 0 aromatic carbocycles. The number of hydrogen-bond acceptors (Lipinski definition) is 2. The summed E-state index contributed by atoms with van der Waals surface area (Å²) >= 11 is 0. The highest BCUT2D eigenvalue weighted by molar-refractivity contribution is 4.93. The number of aliphatic hydroxyl groups is 1. The molecule has 2 nitrogen and oxygen atoms in total. The lowest BCUT2D eigenvalue weighted by molar-refractivity contribution is -0.125. The Hall–Kier alpha value is -0.0800. The van der Waals surface area contributed by atoms with Gasteiger partial charge in [-0.1, -0.05) is 0 Å². The van der Waals surface area contributed by atoms with E-state index in [2.05, 4.69) is 0 Å². The van der Waals surface area contributed by atoms with Crippen LogP contribution < -0.4 is 0 Å². The first-order valence-electron chi connectivity index (χ1n) is 4.54. The largest absolute Gasteiger partial charge is 0.390 e. The van der Waals surface area contributed by atoms with Gasteiger partial charge in [0.1, 0.15) is 0 Å². The molecule has 0 spiro atoms. The van der Waals surface area contributed by atoms with E-state index < -0.39 is 0 Å². The van der Waals surface area contributed by atoms with Crippen LogP contribution in [0, 0.1) is 11.8 Å². The number of aliphatic hydroxyl groups excluding tert-OH is 1. The van der Waals surface area contributed by atoms with Crippen molar-refractivity contribution in [2.75, 3.05) is 7.11 Å². The van der Waals surface area contributed by atoms with Gasteiger partial charge < -0.3 is 9.84 Å². The molecule has 2 heteroatoms. The summed E-state index contributed by atoms with van der Waals surface area (Å²) in [4.78, 5) is 0. The van der Waals surface area contributed by atoms with Crippen LogP contribution in [0.2, 0.25) is 0 Å². The number of hydrogen-bond donors (Lipinski definition) is 1. The summed E-state index contributed by atoms with van der Waals surface area (Å²) in [7, 11) is 1.72. The number of ether oxygens (including phenoxy) is 1. The van der Waals surface area contributed by atoms with E-state index in [0.717, 1.165) is 0 Å². The smallest absolute Gasteiger partial charge is 0.0860 e. The number of methoxy groups -OCH3 is 1. The maximum Gasteiger partial charge on any atom is 0.0860 e. The Morgan fingerprint density at radius 2 is 1.64 bits per heavy atom. The second-order valence-electron chi connectivity index (χ2n) is 3.87. The fourth-order valence-electron chi connectivity index (χ4n) is 2.69. The average molecular weight is 156 g/mol. The van der Waals surface area contributed by atoms with Gasteiger partial charge in [-0.2, -0.15) is 0 Å². The molecule has 1 N–H and O–H groups in total. The van der Waals surface area contributed by atoms with Crippen LogP contribution in [0.5, 0.6) is 0 Å². The predicted molar refractivity (Wildman–Crippen MR) is 42.3 cm³/mol. The van der Waals surface area contributed by atoms with E-state index in [1.54, 1.807) is 7.11 Å². The van der Waals surface area contributed by atoms with Gasteiger partial charge in [0, 0.05) is 7.11 Å². The molecule has 2 bridgehead atoms. The summed E-state index contributed by atoms with van der Waals surface area (Å²) < 4.78 is 5.29. The van der Waals surface area contributed by atoms with Crippen LogP contribution in [-0.2, 0) is 4.74 Å². The first kappa shape index (κ1) is 7.56. The van der Waals surface area contributed by atoms with Crippen LogP contribution in [0.3, 0.4) is 0 Å². The third kappa shape index (κ3) is 1.09. The molecule has 0 unspecified atom stereocenters. The SMILES string of the molecule is CO[C@@H]1C2CCC(CC2)[C@H]1O. The van der Waals surface area contributed by atoms with Crippen LogP contribution in [0.1, 0.15) is 25.7 Å². The average Bonchev–Trinajstić information content (AvgIpc) is 2.06. The molecular formula is C9H16O2. The summed E-state index contributed by atoms with van der Waals surface area (Å²) in [5, 5.41) is 9.73. The van der Waals surface area contributed by atoms with E-state index in [4.69, 9.17) is 4.74 Å². The molecule has 2 atom stereocenters. The molecule has 0 aromatic rings. The van der Waals surface area contributed by atoms with Crippen molar-refractivity contribution < 1.29 is 9.84 Å². The van der Waals surface area contributed by atoms with E-state index in [1.807, 2.05) is 0 Å². The lowest BCUT2D eigenvalue weighted by Crippen LogP contribution is -2.48. The topological polar surface area (TPSA) is 29.5 Å². The molecule has 0 amide bonds. The first-order chi connectivity index (χ1) is 5.33. The Bertz CT molecular complexity index is 136. The van der Waals surface area contributed by atoms with E-state index in [0.29, 0.717) is 11.8 Å². The third-order valence-electron chi connectivity index (χ3n) is 3.37. The second kappa shape index (κ2) is 2.76. The van der Waals surface area contributed by atoms with Gasteiger partial charge in [-0.25, -0.2) is 0 Å². The molecule has 3 rings (SSSR count). The van der Waals surface area contributed by atoms with Crippen molar-refractivity contribution in [1.82, 2.24) is 0 Å². The highest BCUT2D eigenvalue weighted by Crippen LogP contribution is 2.42. The summed E-state index contributed by atoms with van der Waals surface area (Å²) in [6.45, 7) is 0. The van der Waals surface area contributed by atoms with E-state index in [9.17, 15) is 5.11 Å². The Morgan fingerprint density at radius 1 is 1.09 bits per heavy atom. The predicted octanol–water partition coefficient (Wildman–Crippen LogP) is 1.18. The molecule has 3 saturated carbocycles. The van der Waals surface area contributed by atoms with Crippen LogP contribution in [0.25, 0.3) is 0 Å². The monoisotopic (exact) mass is 156 g/mol.